The summed E-state index contributed by atoms with van der Waals surface area (Å²) in [5, 5.41) is 8.53. The molecule has 1 N–H and O–H groups in total. The highest BCUT2D eigenvalue weighted by Crippen LogP contribution is 2.40. The van der Waals surface area contributed by atoms with Crippen molar-refractivity contribution < 1.29 is 9.13 Å². The zero-order chi connectivity index (χ0) is 23.8. The Balaban J connectivity index is 1.33. The van der Waals surface area contributed by atoms with E-state index in [1.165, 1.54) is 12.1 Å². The molecule has 2 aliphatic rings. The van der Waals surface area contributed by atoms with E-state index in [4.69, 9.17) is 16.3 Å². The molecule has 0 radical (unpaired) electrons. The van der Waals surface area contributed by atoms with Gasteiger partial charge in [-0.25, -0.2) is 19.0 Å². The van der Waals surface area contributed by atoms with Crippen LogP contribution in [-0.4, -0.2) is 43.9 Å². The minimum absolute atomic E-state index is 0.269. The number of benzene rings is 1. The van der Waals surface area contributed by atoms with Crippen LogP contribution in [0.2, 0.25) is 5.02 Å². The Morgan fingerprint density at radius 2 is 1.91 bits per heavy atom. The summed E-state index contributed by atoms with van der Waals surface area (Å²) in [6.07, 6.45) is 3.94. The van der Waals surface area contributed by atoms with Crippen molar-refractivity contribution in [3.8, 4) is 11.8 Å². The number of fused-ring (bicyclic) bond motifs is 2. The van der Waals surface area contributed by atoms with Crippen LogP contribution in [0.4, 0.5) is 16.2 Å². The lowest BCUT2D eigenvalue weighted by atomic mass is 9.92. The molecule has 3 aromatic rings. The van der Waals surface area contributed by atoms with Gasteiger partial charge in [0.25, 0.3) is 0 Å². The van der Waals surface area contributed by atoms with Gasteiger partial charge in [0.15, 0.2) is 0 Å². The maximum atomic E-state index is 13.8. The Labute approximate surface area is 203 Å². The van der Waals surface area contributed by atoms with Crippen LogP contribution in [0.25, 0.3) is 0 Å². The van der Waals surface area contributed by atoms with Crippen molar-refractivity contribution >= 4 is 23.4 Å². The normalized spacial score (nSPS) is 21.8. The smallest absolute Gasteiger partial charge is 0.322 e. The molecule has 3 atom stereocenters. The van der Waals surface area contributed by atoms with E-state index in [2.05, 4.69) is 44.1 Å². The predicted octanol–water partition coefficient (Wildman–Crippen LogP) is 4.94. The molecule has 3 heterocycles. The quantitative estimate of drug-likeness (QED) is 0.507. The first kappa shape index (κ1) is 22.8. The van der Waals surface area contributed by atoms with Gasteiger partial charge < -0.3 is 15.0 Å². The van der Waals surface area contributed by atoms with Crippen molar-refractivity contribution in [1.82, 2.24) is 24.7 Å². The number of halogens is 2. The molecule has 0 amide bonds. The maximum absolute atomic E-state index is 13.8. The van der Waals surface area contributed by atoms with Crippen LogP contribution >= 0.6 is 11.6 Å². The summed E-state index contributed by atoms with van der Waals surface area (Å²) >= 11 is 5.99. The molecule has 1 saturated carbocycles. The van der Waals surface area contributed by atoms with Crippen molar-refractivity contribution in [2.75, 3.05) is 23.3 Å². The predicted molar refractivity (Wildman–Crippen MR) is 129 cm³/mol. The van der Waals surface area contributed by atoms with Gasteiger partial charge in [-0.15, -0.1) is 5.10 Å². The third-order valence-corrected chi connectivity index (χ3v) is 6.68. The van der Waals surface area contributed by atoms with E-state index in [1.807, 2.05) is 13.0 Å². The zero-order valence-corrected chi connectivity index (χ0v) is 20.3. The number of hydrogen-bond donors (Lipinski definition) is 1. The standard InChI is InChI=1S/C24H29ClFN7O/c1-14(2)10-33-24(34-20-8-18(25)7-19(26)9-20)30-23(31-33)29-22-16-4-5-17(22)12-32(11-16)21-6-15(3)27-13-28-21/h6-9,13-14,16-17,22H,4-5,10-12H2,1-3H3,(H,29,31)/t16-,17+,22+. The molecule has 5 rings (SSSR count). The van der Waals surface area contributed by atoms with Crippen molar-refractivity contribution in [1.29, 1.82) is 0 Å². The number of nitrogens with zero attached hydrogens (tertiary/aromatic N) is 6. The summed E-state index contributed by atoms with van der Waals surface area (Å²) in [5.41, 5.74) is 0.976. The van der Waals surface area contributed by atoms with Gasteiger partial charge in [0, 0.05) is 48.5 Å². The van der Waals surface area contributed by atoms with Crippen LogP contribution in [0.5, 0.6) is 11.8 Å². The Morgan fingerprint density at radius 3 is 2.59 bits per heavy atom. The van der Waals surface area contributed by atoms with Crippen LogP contribution in [0.15, 0.2) is 30.6 Å². The SMILES string of the molecule is Cc1cc(N2C[C@H]3CC[C@@H](C2)[C@H]3Nc2nc(Oc3cc(F)cc(Cl)c3)n(CC(C)C)n2)ncn1. The van der Waals surface area contributed by atoms with Crippen LogP contribution in [0.1, 0.15) is 32.4 Å². The van der Waals surface area contributed by atoms with Crippen molar-refractivity contribution in [3.63, 3.8) is 0 Å². The lowest BCUT2D eigenvalue weighted by Gasteiger charge is -2.38. The van der Waals surface area contributed by atoms with E-state index < -0.39 is 5.82 Å². The van der Waals surface area contributed by atoms with Gasteiger partial charge in [0.2, 0.25) is 5.95 Å². The molecule has 10 heteroatoms. The van der Waals surface area contributed by atoms with Gasteiger partial charge in [0.05, 0.1) is 0 Å². The molecule has 180 valence electrons. The lowest BCUT2D eigenvalue weighted by Crippen LogP contribution is -2.48. The molecule has 2 aromatic heterocycles. The number of piperidine rings is 1. The van der Waals surface area contributed by atoms with E-state index in [-0.39, 0.29) is 11.1 Å². The molecule has 1 saturated heterocycles. The summed E-state index contributed by atoms with van der Waals surface area (Å²) in [4.78, 5) is 15.7. The molecule has 0 spiro atoms. The molecule has 1 aliphatic heterocycles. The summed E-state index contributed by atoms with van der Waals surface area (Å²) < 4.78 is 21.4. The van der Waals surface area contributed by atoms with E-state index in [0.29, 0.717) is 42.0 Å². The van der Waals surface area contributed by atoms with Crippen LogP contribution in [-0.2, 0) is 6.54 Å². The number of nitrogens with one attached hydrogen (secondary N) is 1. The second-order valence-corrected chi connectivity index (χ2v) is 10.1. The van der Waals surface area contributed by atoms with Gasteiger partial charge in [-0.2, -0.15) is 4.98 Å². The number of aryl methyl sites for hydroxylation is 1. The molecule has 8 nitrogen and oxygen atoms in total. The molecule has 1 aliphatic carbocycles. The van der Waals surface area contributed by atoms with Crippen LogP contribution < -0.4 is 15.0 Å². The minimum atomic E-state index is -0.460. The Hall–Kier alpha value is -2.94. The summed E-state index contributed by atoms with van der Waals surface area (Å²) in [7, 11) is 0. The van der Waals surface area contributed by atoms with Gasteiger partial charge in [-0.1, -0.05) is 25.4 Å². The number of anilines is 2. The molecular formula is C24H29ClFN7O. The Kier molecular flexibility index (Phi) is 6.29. The molecule has 2 fully saturated rings. The molecular weight excluding hydrogens is 457 g/mol. The van der Waals surface area contributed by atoms with Gasteiger partial charge in [-0.05, 0) is 49.7 Å². The lowest BCUT2D eigenvalue weighted by molar-refractivity contribution is 0.369. The molecule has 34 heavy (non-hydrogen) atoms. The third kappa shape index (κ3) is 4.94. The molecule has 2 bridgehead atoms. The third-order valence-electron chi connectivity index (χ3n) is 6.46. The fourth-order valence-electron chi connectivity index (χ4n) is 5.03. The largest absolute Gasteiger partial charge is 0.424 e. The van der Waals surface area contributed by atoms with Crippen molar-refractivity contribution in [2.24, 2.45) is 17.8 Å². The number of ether oxygens (including phenoxy) is 1. The fraction of sp³-hybridized carbons (Fsp3) is 0.500. The topological polar surface area (TPSA) is 81.0 Å². The van der Waals surface area contributed by atoms with E-state index in [9.17, 15) is 4.39 Å². The van der Waals surface area contributed by atoms with Gasteiger partial charge >= 0.3 is 6.01 Å². The first-order chi connectivity index (χ1) is 16.3. The average Bonchev–Trinajstić information content (AvgIpc) is 3.21. The fourth-order valence-corrected chi connectivity index (χ4v) is 5.24. The number of aromatic nitrogens is 5. The number of rotatable bonds is 7. The van der Waals surface area contributed by atoms with E-state index in [1.54, 1.807) is 17.1 Å². The van der Waals surface area contributed by atoms with Gasteiger partial charge in [0.1, 0.15) is 23.7 Å². The molecule has 0 unspecified atom stereocenters. The Bertz CT molecular complexity index is 1140. The monoisotopic (exact) mass is 485 g/mol. The highest BCUT2D eigenvalue weighted by molar-refractivity contribution is 6.30. The minimum Gasteiger partial charge on any atom is -0.424 e. The van der Waals surface area contributed by atoms with E-state index in [0.717, 1.165) is 37.4 Å². The second kappa shape index (κ2) is 9.37. The average molecular weight is 486 g/mol. The first-order valence-corrected chi connectivity index (χ1v) is 12.1. The second-order valence-electron chi connectivity index (χ2n) is 9.69. The van der Waals surface area contributed by atoms with E-state index >= 15 is 0 Å². The zero-order valence-electron chi connectivity index (χ0n) is 19.6. The highest BCUT2D eigenvalue weighted by atomic mass is 35.5. The Morgan fingerprint density at radius 1 is 1.15 bits per heavy atom. The highest BCUT2D eigenvalue weighted by Gasteiger charge is 2.43. The maximum Gasteiger partial charge on any atom is 0.322 e. The summed E-state index contributed by atoms with van der Waals surface area (Å²) in [6.45, 7) is 8.69. The van der Waals surface area contributed by atoms with Gasteiger partial charge in [-0.3, -0.25) is 0 Å². The van der Waals surface area contributed by atoms with Crippen LogP contribution in [0, 0.1) is 30.5 Å². The first-order valence-electron chi connectivity index (χ1n) is 11.7. The number of hydrogen-bond acceptors (Lipinski definition) is 7. The van der Waals surface area contributed by atoms with Crippen LogP contribution in [0.3, 0.4) is 0 Å². The summed E-state index contributed by atoms with van der Waals surface area (Å²) in [6, 6.07) is 6.75. The van der Waals surface area contributed by atoms with Crippen molar-refractivity contribution in [3.05, 3.63) is 47.1 Å². The summed E-state index contributed by atoms with van der Waals surface area (Å²) in [5.74, 6) is 2.64. The molecule has 1 aromatic carbocycles. The van der Waals surface area contributed by atoms with Crippen molar-refractivity contribution in [2.45, 2.75) is 46.2 Å².